The number of amides is 2. The highest BCUT2D eigenvalue weighted by Gasteiger charge is 2.46. The molecule has 1 heterocycles. The van der Waals surface area contributed by atoms with Crippen molar-refractivity contribution < 1.29 is 14.6 Å². The number of aliphatic hydroxyl groups is 1. The Hall–Kier alpha value is -0.810. The first-order chi connectivity index (χ1) is 9.62. The summed E-state index contributed by atoms with van der Waals surface area (Å²) in [6.07, 6.45) is 5.60. The molecule has 1 aliphatic carbocycles. The summed E-state index contributed by atoms with van der Waals surface area (Å²) in [5, 5.41) is 16.2. The lowest BCUT2D eigenvalue weighted by molar-refractivity contribution is -0.0691. The third kappa shape index (κ3) is 4.33. The van der Waals surface area contributed by atoms with E-state index in [1.165, 1.54) is 6.42 Å². The summed E-state index contributed by atoms with van der Waals surface area (Å²) < 4.78 is 5.97. The summed E-state index contributed by atoms with van der Waals surface area (Å²) in [5.74, 6) is 0. The molecule has 0 aromatic carbocycles. The first kappa shape index (κ1) is 16.6. The van der Waals surface area contributed by atoms with E-state index in [4.69, 9.17) is 4.74 Å². The monoisotopic (exact) mass is 298 g/mol. The van der Waals surface area contributed by atoms with Crippen LogP contribution in [0.25, 0.3) is 0 Å². The minimum absolute atomic E-state index is 0.0199. The number of nitrogens with one attached hydrogen (secondary N) is 2. The largest absolute Gasteiger partial charge is 0.388 e. The molecule has 3 N–H and O–H groups in total. The second-order valence-electron chi connectivity index (χ2n) is 7.83. The van der Waals surface area contributed by atoms with Crippen LogP contribution in [0.3, 0.4) is 0 Å². The van der Waals surface area contributed by atoms with Crippen molar-refractivity contribution >= 4 is 6.03 Å². The van der Waals surface area contributed by atoms with E-state index in [9.17, 15) is 9.90 Å². The van der Waals surface area contributed by atoms with Gasteiger partial charge in [-0.05, 0) is 47.0 Å². The summed E-state index contributed by atoms with van der Waals surface area (Å²) >= 11 is 0. The molecule has 5 nitrogen and oxygen atoms in total. The average Bonchev–Trinajstić information content (AvgIpc) is 2.56. The van der Waals surface area contributed by atoms with Crippen molar-refractivity contribution in [2.24, 2.45) is 0 Å². The van der Waals surface area contributed by atoms with Crippen molar-refractivity contribution in [3.63, 3.8) is 0 Å². The zero-order chi connectivity index (χ0) is 15.7. The maximum absolute atomic E-state index is 12.1. The van der Waals surface area contributed by atoms with Crippen molar-refractivity contribution in [3.05, 3.63) is 0 Å². The van der Waals surface area contributed by atoms with Gasteiger partial charge in [0, 0.05) is 6.54 Å². The van der Waals surface area contributed by atoms with Crippen LogP contribution in [-0.2, 0) is 4.74 Å². The number of carbonyl (C=O) groups excluding carboxylic acids is 1. The molecule has 21 heavy (non-hydrogen) atoms. The zero-order valence-corrected chi connectivity index (χ0v) is 13.8. The van der Waals surface area contributed by atoms with E-state index >= 15 is 0 Å². The predicted molar refractivity (Wildman–Crippen MR) is 82.2 cm³/mol. The van der Waals surface area contributed by atoms with E-state index in [1.807, 2.05) is 27.7 Å². The molecule has 1 unspecified atom stereocenters. The molecule has 1 saturated heterocycles. The highest BCUT2D eigenvalue weighted by Crippen LogP contribution is 2.37. The maximum Gasteiger partial charge on any atom is 0.315 e. The van der Waals surface area contributed by atoms with Gasteiger partial charge in [-0.15, -0.1) is 0 Å². The summed E-state index contributed by atoms with van der Waals surface area (Å²) in [6.45, 7) is 8.41. The van der Waals surface area contributed by atoms with Crippen LogP contribution in [-0.4, -0.2) is 40.5 Å². The zero-order valence-electron chi connectivity index (χ0n) is 13.8. The first-order valence-corrected chi connectivity index (χ1v) is 8.09. The minimum Gasteiger partial charge on any atom is -0.388 e. The summed E-state index contributed by atoms with van der Waals surface area (Å²) in [6, 6.07) is -0.234. The van der Waals surface area contributed by atoms with E-state index in [-0.39, 0.29) is 23.3 Å². The third-order valence-corrected chi connectivity index (χ3v) is 4.74. The number of carbonyl (C=O) groups is 1. The summed E-state index contributed by atoms with van der Waals surface area (Å²) in [5.41, 5.74) is -1.32. The molecule has 1 atom stereocenters. The number of rotatable bonds is 3. The minimum atomic E-state index is -0.726. The number of urea groups is 1. The molecule has 0 bridgehead atoms. The van der Waals surface area contributed by atoms with Gasteiger partial charge >= 0.3 is 6.03 Å². The van der Waals surface area contributed by atoms with Crippen molar-refractivity contribution in [2.75, 3.05) is 6.54 Å². The molecule has 5 heteroatoms. The van der Waals surface area contributed by atoms with Crippen LogP contribution < -0.4 is 10.6 Å². The Morgan fingerprint density at radius 3 is 2.33 bits per heavy atom. The number of ether oxygens (including phenoxy) is 1. The van der Waals surface area contributed by atoms with Crippen LogP contribution in [0.2, 0.25) is 0 Å². The fourth-order valence-electron chi connectivity index (χ4n) is 3.63. The van der Waals surface area contributed by atoms with Crippen molar-refractivity contribution in [1.82, 2.24) is 10.6 Å². The Morgan fingerprint density at radius 1 is 1.19 bits per heavy atom. The quantitative estimate of drug-likeness (QED) is 0.749. The standard InChI is InChI=1S/C16H30N2O3/c1-14(2)10-12(15(3,4)21-14)18-13(19)17-11-16(20)8-6-5-7-9-16/h12,20H,5-11H2,1-4H3,(H2,17,18,19). The van der Waals surface area contributed by atoms with Crippen molar-refractivity contribution in [2.45, 2.75) is 89.1 Å². The van der Waals surface area contributed by atoms with Gasteiger partial charge in [-0.3, -0.25) is 0 Å². The fraction of sp³-hybridized carbons (Fsp3) is 0.938. The van der Waals surface area contributed by atoms with Gasteiger partial charge in [0.1, 0.15) is 0 Å². The van der Waals surface area contributed by atoms with Gasteiger partial charge in [-0.25, -0.2) is 4.79 Å². The van der Waals surface area contributed by atoms with E-state index in [0.29, 0.717) is 6.54 Å². The topological polar surface area (TPSA) is 70.6 Å². The Morgan fingerprint density at radius 2 is 1.81 bits per heavy atom. The van der Waals surface area contributed by atoms with Crippen molar-refractivity contribution in [3.8, 4) is 0 Å². The normalized spacial score (nSPS) is 29.9. The van der Waals surface area contributed by atoms with E-state index in [1.54, 1.807) is 0 Å². The molecular formula is C16H30N2O3. The second kappa shape index (κ2) is 5.76. The Kier molecular flexibility index (Phi) is 4.54. The fourth-order valence-corrected chi connectivity index (χ4v) is 3.63. The van der Waals surface area contributed by atoms with Crippen LogP contribution in [0.15, 0.2) is 0 Å². The average molecular weight is 298 g/mol. The van der Waals surface area contributed by atoms with Gasteiger partial charge < -0.3 is 20.5 Å². The lowest BCUT2D eigenvalue weighted by Crippen LogP contribution is -2.53. The van der Waals surface area contributed by atoms with Crippen LogP contribution in [0, 0.1) is 0 Å². The van der Waals surface area contributed by atoms with Gasteiger partial charge in [0.15, 0.2) is 0 Å². The van der Waals surface area contributed by atoms with Crippen molar-refractivity contribution in [1.29, 1.82) is 0 Å². The maximum atomic E-state index is 12.1. The van der Waals surface area contributed by atoms with E-state index < -0.39 is 5.60 Å². The van der Waals surface area contributed by atoms with Gasteiger partial charge in [-0.2, -0.15) is 0 Å². The lowest BCUT2D eigenvalue weighted by Gasteiger charge is -2.33. The molecule has 1 aliphatic heterocycles. The van der Waals surface area contributed by atoms with Gasteiger partial charge in [0.25, 0.3) is 0 Å². The molecule has 0 aromatic heterocycles. The van der Waals surface area contributed by atoms with E-state index in [0.717, 1.165) is 32.1 Å². The Labute approximate surface area is 127 Å². The van der Waals surface area contributed by atoms with Gasteiger partial charge in [0.2, 0.25) is 0 Å². The molecule has 2 rings (SSSR count). The Balaban J connectivity index is 1.82. The molecule has 0 radical (unpaired) electrons. The molecule has 2 fully saturated rings. The third-order valence-electron chi connectivity index (χ3n) is 4.74. The SMILES string of the molecule is CC1(C)CC(NC(=O)NCC2(O)CCCCC2)C(C)(C)O1. The van der Waals surface area contributed by atoms with Gasteiger partial charge in [0.05, 0.1) is 22.8 Å². The summed E-state index contributed by atoms with van der Waals surface area (Å²) in [4.78, 5) is 12.1. The van der Waals surface area contributed by atoms with Crippen LogP contribution in [0.1, 0.15) is 66.2 Å². The van der Waals surface area contributed by atoms with Crippen LogP contribution in [0.5, 0.6) is 0 Å². The molecule has 0 aromatic rings. The smallest absolute Gasteiger partial charge is 0.315 e. The predicted octanol–water partition coefficient (Wildman–Crippen LogP) is 2.33. The molecule has 2 aliphatic rings. The molecule has 2 amide bonds. The highest BCUT2D eigenvalue weighted by atomic mass is 16.5. The number of hydrogen-bond acceptors (Lipinski definition) is 3. The number of hydrogen-bond donors (Lipinski definition) is 3. The molecule has 1 saturated carbocycles. The summed E-state index contributed by atoms with van der Waals surface area (Å²) in [7, 11) is 0. The molecule has 122 valence electrons. The first-order valence-electron chi connectivity index (χ1n) is 8.09. The van der Waals surface area contributed by atoms with E-state index in [2.05, 4.69) is 10.6 Å². The van der Waals surface area contributed by atoms with Crippen LogP contribution in [0.4, 0.5) is 4.79 Å². The second-order valence-corrected chi connectivity index (χ2v) is 7.83. The molecule has 0 spiro atoms. The highest BCUT2D eigenvalue weighted by molar-refractivity contribution is 5.74. The Bertz CT molecular complexity index is 387. The molecular weight excluding hydrogens is 268 g/mol. The lowest BCUT2D eigenvalue weighted by atomic mass is 9.85. The van der Waals surface area contributed by atoms with Gasteiger partial charge in [-0.1, -0.05) is 19.3 Å². The van der Waals surface area contributed by atoms with Crippen LogP contribution >= 0.6 is 0 Å².